The first-order valence-electron chi connectivity index (χ1n) is 9.74. The molecule has 0 bridgehead atoms. The van der Waals surface area contributed by atoms with Gasteiger partial charge in [-0.2, -0.15) is 0 Å². The molecule has 1 aliphatic heterocycles. The predicted molar refractivity (Wildman–Crippen MR) is 114 cm³/mol. The maximum Gasteiger partial charge on any atom is 0.254 e. The molecule has 0 saturated carbocycles. The van der Waals surface area contributed by atoms with E-state index in [-0.39, 0.29) is 5.91 Å². The van der Waals surface area contributed by atoms with E-state index in [1.165, 1.54) is 0 Å². The number of pyridine rings is 2. The molecular formula is C23H24ClN3O. The summed E-state index contributed by atoms with van der Waals surface area (Å²) < 4.78 is 0. The van der Waals surface area contributed by atoms with Crippen LogP contribution in [-0.2, 0) is 0 Å². The van der Waals surface area contributed by atoms with E-state index in [1.807, 2.05) is 48.2 Å². The Labute approximate surface area is 170 Å². The van der Waals surface area contributed by atoms with E-state index in [0.717, 1.165) is 41.7 Å². The Morgan fingerprint density at radius 1 is 1.11 bits per heavy atom. The smallest absolute Gasteiger partial charge is 0.254 e. The molecule has 5 heteroatoms. The quantitative estimate of drug-likeness (QED) is 0.587. The van der Waals surface area contributed by atoms with Crippen molar-refractivity contribution < 1.29 is 4.79 Å². The molecule has 0 spiro atoms. The van der Waals surface area contributed by atoms with Crippen molar-refractivity contribution in [1.29, 1.82) is 0 Å². The zero-order valence-electron chi connectivity index (χ0n) is 16.4. The standard InChI is InChI=1S/C23H24ClN3O/c1-14-10-15(2)13-27(12-14)23(28)18-11-21(20-6-4-5-9-25-20)26-22-16(3)19(24)8-7-17(18)22/h4-9,11,14-15H,10,12-13H2,1-3H3/t14-,15-/m1/s1. The van der Waals surface area contributed by atoms with E-state index >= 15 is 0 Å². The Hall–Kier alpha value is -2.46. The highest BCUT2D eigenvalue weighted by molar-refractivity contribution is 6.32. The van der Waals surface area contributed by atoms with Crippen molar-refractivity contribution in [2.75, 3.05) is 13.1 Å². The van der Waals surface area contributed by atoms with Gasteiger partial charge in [0.05, 0.1) is 22.5 Å². The Morgan fingerprint density at radius 3 is 2.54 bits per heavy atom. The van der Waals surface area contributed by atoms with Crippen molar-refractivity contribution in [3.05, 3.63) is 58.7 Å². The summed E-state index contributed by atoms with van der Waals surface area (Å²) in [5.41, 5.74) is 3.76. The topological polar surface area (TPSA) is 46.1 Å². The van der Waals surface area contributed by atoms with Gasteiger partial charge in [-0.15, -0.1) is 0 Å². The lowest BCUT2D eigenvalue weighted by molar-refractivity contribution is 0.0625. The molecule has 0 radical (unpaired) electrons. The number of hydrogen-bond donors (Lipinski definition) is 0. The molecule has 4 rings (SSSR count). The SMILES string of the molecule is Cc1c(Cl)ccc2c(C(=O)N3C[C@H](C)C[C@@H](C)C3)cc(-c3ccccn3)nc12. The lowest BCUT2D eigenvalue weighted by Gasteiger charge is -2.35. The van der Waals surface area contributed by atoms with Gasteiger partial charge < -0.3 is 4.90 Å². The zero-order valence-corrected chi connectivity index (χ0v) is 17.2. The molecule has 28 heavy (non-hydrogen) atoms. The minimum atomic E-state index is 0.0599. The van der Waals surface area contributed by atoms with Crippen LogP contribution in [0.3, 0.4) is 0 Å². The first kappa shape index (κ1) is 18.9. The molecule has 144 valence electrons. The van der Waals surface area contributed by atoms with Gasteiger partial charge in [0.15, 0.2) is 0 Å². The fourth-order valence-electron chi connectivity index (χ4n) is 4.23. The maximum atomic E-state index is 13.5. The number of aryl methyl sites for hydroxylation is 1. The van der Waals surface area contributed by atoms with Crippen LogP contribution in [0.25, 0.3) is 22.3 Å². The van der Waals surface area contributed by atoms with Gasteiger partial charge in [0.25, 0.3) is 5.91 Å². The Kier molecular flexibility index (Phi) is 5.07. The van der Waals surface area contributed by atoms with E-state index in [4.69, 9.17) is 16.6 Å². The molecule has 2 aromatic heterocycles. The number of hydrogen-bond acceptors (Lipinski definition) is 3. The van der Waals surface area contributed by atoms with Gasteiger partial charge in [-0.3, -0.25) is 9.78 Å². The normalized spacial score (nSPS) is 19.8. The molecule has 1 fully saturated rings. The van der Waals surface area contributed by atoms with Gasteiger partial charge >= 0.3 is 0 Å². The number of aromatic nitrogens is 2. The van der Waals surface area contributed by atoms with Gasteiger partial charge in [-0.1, -0.05) is 37.6 Å². The monoisotopic (exact) mass is 393 g/mol. The minimum Gasteiger partial charge on any atom is -0.338 e. The summed E-state index contributed by atoms with van der Waals surface area (Å²) in [4.78, 5) is 24.7. The van der Waals surface area contributed by atoms with Crippen molar-refractivity contribution in [1.82, 2.24) is 14.9 Å². The number of piperidine rings is 1. The van der Waals surface area contributed by atoms with Crippen LogP contribution < -0.4 is 0 Å². The summed E-state index contributed by atoms with van der Waals surface area (Å²) >= 11 is 6.35. The van der Waals surface area contributed by atoms with Crippen LogP contribution in [0.15, 0.2) is 42.6 Å². The zero-order chi connectivity index (χ0) is 19.8. The summed E-state index contributed by atoms with van der Waals surface area (Å²) in [6, 6.07) is 11.3. The van der Waals surface area contributed by atoms with Crippen LogP contribution in [0, 0.1) is 18.8 Å². The van der Waals surface area contributed by atoms with Crippen molar-refractivity contribution in [2.24, 2.45) is 11.8 Å². The highest BCUT2D eigenvalue weighted by Crippen LogP contribution is 2.31. The number of carbonyl (C=O) groups excluding carboxylic acids is 1. The number of likely N-dealkylation sites (tertiary alicyclic amines) is 1. The van der Waals surface area contributed by atoms with Crippen LogP contribution in [0.5, 0.6) is 0 Å². The average molecular weight is 394 g/mol. The Bertz CT molecular complexity index is 1020. The number of benzene rings is 1. The predicted octanol–water partition coefficient (Wildman–Crippen LogP) is 5.38. The molecule has 1 aliphatic rings. The second-order valence-electron chi connectivity index (χ2n) is 7.99. The lowest BCUT2D eigenvalue weighted by Crippen LogP contribution is -2.42. The maximum absolute atomic E-state index is 13.5. The molecule has 1 amide bonds. The molecule has 0 aliphatic carbocycles. The van der Waals surface area contributed by atoms with Crippen molar-refractivity contribution in [3.63, 3.8) is 0 Å². The number of amides is 1. The molecule has 0 unspecified atom stereocenters. The van der Waals surface area contributed by atoms with Crippen molar-refractivity contribution in [3.8, 4) is 11.4 Å². The molecule has 1 aromatic carbocycles. The van der Waals surface area contributed by atoms with E-state index in [2.05, 4.69) is 18.8 Å². The molecular weight excluding hydrogens is 370 g/mol. The third-order valence-electron chi connectivity index (χ3n) is 5.48. The molecule has 2 atom stereocenters. The van der Waals surface area contributed by atoms with Crippen molar-refractivity contribution in [2.45, 2.75) is 27.2 Å². The third kappa shape index (κ3) is 3.49. The van der Waals surface area contributed by atoms with E-state index < -0.39 is 0 Å². The van der Waals surface area contributed by atoms with Gasteiger partial charge in [0, 0.05) is 29.7 Å². The molecule has 0 N–H and O–H groups in total. The van der Waals surface area contributed by atoms with Gasteiger partial charge in [-0.25, -0.2) is 4.98 Å². The average Bonchev–Trinajstić information content (AvgIpc) is 2.69. The fraction of sp³-hybridized carbons (Fsp3) is 0.348. The van der Waals surface area contributed by atoms with E-state index in [9.17, 15) is 4.79 Å². The summed E-state index contributed by atoms with van der Waals surface area (Å²) in [6.07, 6.45) is 2.90. The van der Waals surface area contributed by atoms with Gasteiger partial charge in [0.1, 0.15) is 0 Å². The number of rotatable bonds is 2. The number of halogens is 1. The summed E-state index contributed by atoms with van der Waals surface area (Å²) in [5, 5.41) is 1.49. The highest BCUT2D eigenvalue weighted by atomic mass is 35.5. The summed E-state index contributed by atoms with van der Waals surface area (Å²) in [5.74, 6) is 1.07. The van der Waals surface area contributed by atoms with Gasteiger partial charge in [-0.05, 0) is 55.0 Å². The second-order valence-corrected chi connectivity index (χ2v) is 8.40. The second kappa shape index (κ2) is 7.51. The molecule has 3 heterocycles. The third-order valence-corrected chi connectivity index (χ3v) is 5.89. The highest BCUT2D eigenvalue weighted by Gasteiger charge is 2.28. The fourth-order valence-corrected chi connectivity index (χ4v) is 4.38. The van der Waals surface area contributed by atoms with Crippen LogP contribution in [0.4, 0.5) is 0 Å². The van der Waals surface area contributed by atoms with Crippen LogP contribution >= 0.6 is 11.6 Å². The molecule has 3 aromatic rings. The summed E-state index contributed by atoms with van der Waals surface area (Å²) in [6.45, 7) is 7.95. The Morgan fingerprint density at radius 2 is 1.86 bits per heavy atom. The molecule has 1 saturated heterocycles. The minimum absolute atomic E-state index is 0.0599. The molecule has 4 nitrogen and oxygen atoms in total. The van der Waals surface area contributed by atoms with Gasteiger partial charge in [0.2, 0.25) is 0 Å². The van der Waals surface area contributed by atoms with Crippen LogP contribution in [0.2, 0.25) is 5.02 Å². The van der Waals surface area contributed by atoms with Crippen LogP contribution in [-0.4, -0.2) is 33.9 Å². The first-order valence-corrected chi connectivity index (χ1v) is 10.1. The van der Waals surface area contributed by atoms with E-state index in [1.54, 1.807) is 6.20 Å². The number of fused-ring (bicyclic) bond motifs is 1. The first-order chi connectivity index (χ1) is 13.4. The number of nitrogens with zero attached hydrogens (tertiary/aromatic N) is 3. The Balaban J connectivity index is 1.89. The summed E-state index contributed by atoms with van der Waals surface area (Å²) in [7, 11) is 0. The van der Waals surface area contributed by atoms with Crippen LogP contribution in [0.1, 0.15) is 36.2 Å². The van der Waals surface area contributed by atoms with Crippen molar-refractivity contribution >= 4 is 28.4 Å². The number of carbonyl (C=O) groups is 1. The largest absolute Gasteiger partial charge is 0.338 e. The lowest BCUT2D eigenvalue weighted by atomic mass is 9.91. The van der Waals surface area contributed by atoms with E-state index in [0.29, 0.717) is 28.1 Å².